The summed E-state index contributed by atoms with van der Waals surface area (Å²) in [6.07, 6.45) is 0.250. The third-order valence-electron chi connectivity index (χ3n) is 0. The number of hydrogen-bond donors (Lipinski definition) is 1. The normalized spacial score (nSPS) is 5.67. The molecule has 2 N–H and O–H groups in total. The average Bonchev–Trinajstić information content (AvgIpc) is 1.39. The van der Waals surface area contributed by atoms with Crippen LogP contribution in [0, 0.1) is 0 Å². The van der Waals surface area contributed by atoms with Crippen molar-refractivity contribution in [2.45, 2.75) is 0 Å². The summed E-state index contributed by atoms with van der Waals surface area (Å²) in [6, 6.07) is 0. The Balaban J connectivity index is 0. The van der Waals surface area contributed by atoms with Crippen LogP contribution in [-0.2, 0) is 17.7 Å². The number of primary amides is 1. The molecular formula is CH3Cl2CoNO. The van der Waals surface area contributed by atoms with Gasteiger partial charge in [0, 0.05) is 0 Å². The van der Waals surface area contributed by atoms with Gasteiger partial charge in [-0.15, -0.1) is 0 Å². The number of halogens is 2. The van der Waals surface area contributed by atoms with Crippen LogP contribution in [0.2, 0.25) is 0 Å². The summed E-state index contributed by atoms with van der Waals surface area (Å²) in [5.41, 5.74) is 4.17. The monoisotopic (exact) mass is 174 g/mol. The summed E-state index contributed by atoms with van der Waals surface area (Å²) in [5.74, 6) is 0. The van der Waals surface area contributed by atoms with Gasteiger partial charge in [0.25, 0.3) is 0 Å². The molecule has 0 spiro atoms. The minimum atomic E-state index is 0.250. The molecule has 0 aromatic carbocycles. The maximum absolute atomic E-state index is 8.58. The number of nitrogens with two attached hydrogens (primary N) is 1. The molecule has 0 aromatic rings. The van der Waals surface area contributed by atoms with Crippen molar-refractivity contribution < 1.29 is 17.7 Å². The first kappa shape index (κ1) is 9.75. The minimum absolute atomic E-state index is 0.250. The van der Waals surface area contributed by atoms with E-state index in [1.165, 1.54) is 0 Å². The van der Waals surface area contributed by atoms with E-state index in [0.717, 1.165) is 0 Å². The molecule has 0 aromatic heterocycles. The number of rotatable bonds is 0. The van der Waals surface area contributed by atoms with Gasteiger partial charge in [-0.1, -0.05) is 0 Å². The first-order chi connectivity index (χ1) is 2.83. The topological polar surface area (TPSA) is 43.1 Å². The SMILES string of the molecule is NC=O.[Cl][Co][Cl]. The van der Waals surface area contributed by atoms with Crippen LogP contribution in [0.3, 0.4) is 0 Å². The van der Waals surface area contributed by atoms with Crippen LogP contribution in [0.4, 0.5) is 0 Å². The van der Waals surface area contributed by atoms with Gasteiger partial charge in [-0.3, -0.25) is 4.79 Å². The molecule has 0 aliphatic heterocycles. The molecule has 0 atom stereocenters. The number of amides is 1. The van der Waals surface area contributed by atoms with Crippen LogP contribution in [0.25, 0.3) is 0 Å². The molecule has 0 unspecified atom stereocenters. The van der Waals surface area contributed by atoms with Crippen LogP contribution in [0.1, 0.15) is 0 Å². The summed E-state index contributed by atoms with van der Waals surface area (Å²) >= 11 is 0.382. The van der Waals surface area contributed by atoms with Crippen molar-refractivity contribution in [3.05, 3.63) is 0 Å². The Kier molecular flexibility index (Phi) is 28.7. The van der Waals surface area contributed by atoms with Crippen LogP contribution in [-0.4, -0.2) is 6.41 Å². The summed E-state index contributed by atoms with van der Waals surface area (Å²) in [4.78, 5) is 8.58. The van der Waals surface area contributed by atoms with Gasteiger partial charge in [-0.2, -0.15) is 0 Å². The van der Waals surface area contributed by atoms with E-state index in [1.807, 2.05) is 0 Å². The number of carbonyl (C=O) groups is 1. The maximum atomic E-state index is 8.58. The first-order valence-corrected chi connectivity index (χ1v) is 3.69. The van der Waals surface area contributed by atoms with Crippen molar-refractivity contribution in [3.8, 4) is 0 Å². The fourth-order valence-electron chi connectivity index (χ4n) is 0. The van der Waals surface area contributed by atoms with Gasteiger partial charge in [0.05, 0.1) is 0 Å². The van der Waals surface area contributed by atoms with E-state index >= 15 is 0 Å². The summed E-state index contributed by atoms with van der Waals surface area (Å²) in [7, 11) is 9.47. The molecule has 0 fully saturated rings. The zero-order valence-electron chi connectivity index (χ0n) is 2.65. The summed E-state index contributed by atoms with van der Waals surface area (Å²) < 4.78 is 0. The predicted molar refractivity (Wildman–Crippen MR) is 22.0 cm³/mol. The molecule has 0 rings (SSSR count). The van der Waals surface area contributed by atoms with Crippen molar-refractivity contribution in [1.82, 2.24) is 0 Å². The van der Waals surface area contributed by atoms with Crippen LogP contribution < -0.4 is 5.73 Å². The van der Waals surface area contributed by atoms with Gasteiger partial charge in [-0.25, -0.2) is 0 Å². The van der Waals surface area contributed by atoms with E-state index in [-0.39, 0.29) is 6.41 Å². The van der Waals surface area contributed by atoms with E-state index in [2.05, 4.69) is 5.73 Å². The summed E-state index contributed by atoms with van der Waals surface area (Å²) in [5, 5.41) is 0. The van der Waals surface area contributed by atoms with E-state index in [4.69, 9.17) is 25.1 Å². The van der Waals surface area contributed by atoms with Gasteiger partial charge in [0.2, 0.25) is 6.41 Å². The van der Waals surface area contributed by atoms with Crippen LogP contribution >= 0.6 is 20.3 Å². The Labute approximate surface area is 50.5 Å². The van der Waals surface area contributed by atoms with E-state index < -0.39 is 0 Å². The molecule has 2 nitrogen and oxygen atoms in total. The van der Waals surface area contributed by atoms with E-state index in [0.29, 0.717) is 12.9 Å². The van der Waals surface area contributed by atoms with Crippen LogP contribution in [0.15, 0.2) is 0 Å². The van der Waals surface area contributed by atoms with E-state index in [9.17, 15) is 0 Å². The first-order valence-electron chi connectivity index (χ1n) is 0.821. The second kappa shape index (κ2) is 17.7. The molecule has 5 heteroatoms. The second-order valence-electron chi connectivity index (χ2n) is 0.184. The van der Waals surface area contributed by atoms with Crippen molar-refractivity contribution in [2.24, 2.45) is 5.73 Å². The zero-order valence-corrected chi connectivity index (χ0v) is 5.21. The molecule has 41 valence electrons. The van der Waals surface area contributed by atoms with E-state index in [1.54, 1.807) is 0 Å². The molecule has 0 saturated carbocycles. The van der Waals surface area contributed by atoms with Gasteiger partial charge in [0.1, 0.15) is 0 Å². The Morgan fingerprint density at radius 1 is 1.67 bits per heavy atom. The third kappa shape index (κ3) is 186. The van der Waals surface area contributed by atoms with Gasteiger partial charge < -0.3 is 5.73 Å². The molecule has 0 radical (unpaired) electrons. The van der Waals surface area contributed by atoms with Crippen molar-refractivity contribution in [1.29, 1.82) is 0 Å². The fourth-order valence-corrected chi connectivity index (χ4v) is 0. The van der Waals surface area contributed by atoms with Gasteiger partial charge in [-0.05, 0) is 0 Å². The predicted octanol–water partition coefficient (Wildman–Crippen LogP) is 0.478. The fraction of sp³-hybridized carbons (Fsp3) is 0. The second-order valence-corrected chi connectivity index (χ2v) is 1.90. The molecule has 0 aliphatic rings. The summed E-state index contributed by atoms with van der Waals surface area (Å²) in [6.45, 7) is 0. The standard InChI is InChI=1S/CH3NO.2ClH.Co/c2-1-3;;;/h1H,(H2,2,3);2*1H;/q;;;+2/p-2. The number of hydrogen-bond acceptors (Lipinski definition) is 1. The molecule has 0 heterocycles. The average molecular weight is 175 g/mol. The van der Waals surface area contributed by atoms with Crippen molar-refractivity contribution in [2.75, 3.05) is 0 Å². The Hall–Kier alpha value is 0.556. The molecule has 1 amide bonds. The Morgan fingerprint density at radius 2 is 1.67 bits per heavy atom. The quantitative estimate of drug-likeness (QED) is 0.534. The van der Waals surface area contributed by atoms with Crippen molar-refractivity contribution in [3.63, 3.8) is 0 Å². The Morgan fingerprint density at radius 3 is 1.67 bits per heavy atom. The van der Waals surface area contributed by atoms with Gasteiger partial charge in [0.15, 0.2) is 0 Å². The van der Waals surface area contributed by atoms with Crippen LogP contribution in [0.5, 0.6) is 0 Å². The van der Waals surface area contributed by atoms with Crippen molar-refractivity contribution >= 4 is 26.7 Å². The van der Waals surface area contributed by atoms with Gasteiger partial charge >= 0.3 is 33.2 Å². The zero-order chi connectivity index (χ0) is 5.41. The molecule has 6 heavy (non-hydrogen) atoms. The number of carbonyl (C=O) groups excluding carboxylic acids is 1. The Bertz CT molecular complexity index is 27.5. The molecule has 0 saturated heterocycles. The molecule has 0 aliphatic carbocycles. The molecular weight excluding hydrogens is 172 g/mol. The molecule has 0 bridgehead atoms. The third-order valence-corrected chi connectivity index (χ3v) is 0.